The number of benzene rings is 2. The van der Waals surface area contributed by atoms with Crippen molar-refractivity contribution >= 4 is 0 Å². The van der Waals surface area contributed by atoms with Gasteiger partial charge in [-0.15, -0.1) is 0 Å². The van der Waals surface area contributed by atoms with Crippen molar-refractivity contribution in [2.75, 3.05) is 19.6 Å². The lowest BCUT2D eigenvalue weighted by molar-refractivity contribution is -0.253. The van der Waals surface area contributed by atoms with Gasteiger partial charge in [-0.2, -0.15) is 0 Å². The smallest absolute Gasteiger partial charge is 0.184 e. The zero-order chi connectivity index (χ0) is 21.5. The Balaban J connectivity index is 1.51. The molecule has 2 saturated heterocycles. The third-order valence-corrected chi connectivity index (χ3v) is 6.51. The van der Waals surface area contributed by atoms with Crippen LogP contribution >= 0.6 is 0 Å². The standard InChI is InChI=1S/C26H36N2O3/c27-17-20-6-12-23(13-7-20)26-30-24(18-28-14-4-2-1-3-5-15-28)16-25(31-26)22-10-8-21(19-29)9-11-22/h6-13,24-26,29H,1-5,14-19,27H2/t24-,25+,26+/m0/s1. The van der Waals surface area contributed by atoms with E-state index in [9.17, 15) is 5.11 Å². The number of ether oxygens (including phenoxy) is 2. The van der Waals surface area contributed by atoms with Gasteiger partial charge >= 0.3 is 0 Å². The Labute approximate surface area is 186 Å². The number of aliphatic hydroxyl groups is 1. The molecule has 31 heavy (non-hydrogen) atoms. The summed E-state index contributed by atoms with van der Waals surface area (Å²) in [4.78, 5) is 2.58. The molecule has 0 aromatic heterocycles. The van der Waals surface area contributed by atoms with Crippen LogP contribution in [0.1, 0.15) is 73.2 Å². The fraction of sp³-hybridized carbons (Fsp3) is 0.538. The normalized spacial score (nSPS) is 25.7. The van der Waals surface area contributed by atoms with Gasteiger partial charge in [-0.25, -0.2) is 0 Å². The van der Waals surface area contributed by atoms with E-state index in [1.165, 1.54) is 32.1 Å². The van der Waals surface area contributed by atoms with Gasteiger partial charge in [-0.3, -0.25) is 0 Å². The fourth-order valence-electron chi connectivity index (χ4n) is 4.63. The van der Waals surface area contributed by atoms with E-state index >= 15 is 0 Å². The number of hydrogen-bond donors (Lipinski definition) is 2. The molecule has 5 nitrogen and oxygen atoms in total. The summed E-state index contributed by atoms with van der Waals surface area (Å²) in [6.45, 7) is 3.86. The first-order valence-corrected chi connectivity index (χ1v) is 11.8. The maximum Gasteiger partial charge on any atom is 0.184 e. The van der Waals surface area contributed by atoms with Crippen LogP contribution in [-0.2, 0) is 22.6 Å². The molecule has 3 N–H and O–H groups in total. The number of hydrogen-bond acceptors (Lipinski definition) is 5. The zero-order valence-corrected chi connectivity index (χ0v) is 18.4. The molecule has 4 rings (SSSR count). The number of nitrogens with two attached hydrogens (primary N) is 1. The molecule has 0 radical (unpaired) electrons. The molecule has 0 amide bonds. The van der Waals surface area contributed by atoms with Crippen LogP contribution < -0.4 is 5.73 Å². The van der Waals surface area contributed by atoms with Crippen molar-refractivity contribution < 1.29 is 14.6 Å². The molecule has 0 saturated carbocycles. The highest BCUT2D eigenvalue weighted by molar-refractivity contribution is 5.26. The summed E-state index contributed by atoms with van der Waals surface area (Å²) < 4.78 is 12.9. The molecule has 2 aliphatic rings. The largest absolute Gasteiger partial charge is 0.392 e. The lowest BCUT2D eigenvalue weighted by Crippen LogP contribution is -2.40. The molecule has 168 valence electrons. The Kier molecular flexibility index (Phi) is 8.11. The van der Waals surface area contributed by atoms with E-state index in [4.69, 9.17) is 15.2 Å². The Bertz CT molecular complexity index is 730. The van der Waals surface area contributed by atoms with E-state index in [2.05, 4.69) is 41.3 Å². The zero-order valence-electron chi connectivity index (χ0n) is 18.4. The minimum absolute atomic E-state index is 0.0274. The quantitative estimate of drug-likeness (QED) is 0.717. The van der Waals surface area contributed by atoms with Crippen LogP contribution in [-0.4, -0.2) is 35.7 Å². The third kappa shape index (κ3) is 6.15. The van der Waals surface area contributed by atoms with E-state index in [1.54, 1.807) is 0 Å². The second kappa shape index (κ2) is 11.2. The highest BCUT2D eigenvalue weighted by Crippen LogP contribution is 2.38. The van der Waals surface area contributed by atoms with Crippen LogP contribution in [0.15, 0.2) is 48.5 Å². The second-order valence-electron chi connectivity index (χ2n) is 8.86. The average Bonchev–Trinajstić information content (AvgIpc) is 2.80. The summed E-state index contributed by atoms with van der Waals surface area (Å²) >= 11 is 0. The first kappa shape index (κ1) is 22.4. The molecule has 0 aliphatic carbocycles. The van der Waals surface area contributed by atoms with Gasteiger partial charge in [0.25, 0.3) is 0 Å². The average molecular weight is 425 g/mol. The molecule has 0 bridgehead atoms. The first-order valence-electron chi connectivity index (χ1n) is 11.8. The summed E-state index contributed by atoms with van der Waals surface area (Å²) in [6.07, 6.45) is 7.14. The molecule has 2 fully saturated rings. The van der Waals surface area contributed by atoms with E-state index in [-0.39, 0.29) is 25.1 Å². The Morgan fingerprint density at radius 2 is 1.42 bits per heavy atom. The second-order valence-corrected chi connectivity index (χ2v) is 8.86. The molecule has 2 heterocycles. The SMILES string of the molecule is NCc1ccc([C@@H]2O[C@H](CN3CCCCCCC3)C[C@H](c3ccc(CO)cc3)O2)cc1. The van der Waals surface area contributed by atoms with Crippen molar-refractivity contribution in [3.8, 4) is 0 Å². The maximum absolute atomic E-state index is 9.37. The van der Waals surface area contributed by atoms with Gasteiger partial charge in [-0.1, -0.05) is 67.8 Å². The number of likely N-dealkylation sites (tertiary alicyclic amines) is 1. The summed E-state index contributed by atoms with van der Waals surface area (Å²) in [5, 5.41) is 9.37. The highest BCUT2D eigenvalue weighted by Gasteiger charge is 2.33. The highest BCUT2D eigenvalue weighted by atomic mass is 16.7. The van der Waals surface area contributed by atoms with Gasteiger partial charge < -0.3 is 25.2 Å². The molecule has 0 spiro atoms. The summed E-state index contributed by atoms with van der Waals surface area (Å²) in [5.74, 6) is 0. The minimum Gasteiger partial charge on any atom is -0.392 e. The van der Waals surface area contributed by atoms with Crippen LogP contribution in [0.2, 0.25) is 0 Å². The van der Waals surface area contributed by atoms with Crippen LogP contribution in [0.4, 0.5) is 0 Å². The molecule has 0 unspecified atom stereocenters. The van der Waals surface area contributed by atoms with Crippen molar-refractivity contribution in [1.82, 2.24) is 4.90 Å². The summed E-state index contributed by atoms with van der Waals surface area (Å²) in [6, 6.07) is 16.3. The maximum atomic E-state index is 9.37. The molecular formula is C26H36N2O3. The van der Waals surface area contributed by atoms with Crippen molar-refractivity contribution in [2.24, 2.45) is 5.73 Å². The van der Waals surface area contributed by atoms with Crippen LogP contribution in [0, 0.1) is 0 Å². The molecule has 2 aromatic rings. The van der Waals surface area contributed by atoms with Crippen LogP contribution in [0.3, 0.4) is 0 Å². The predicted octanol–water partition coefficient (Wildman–Crippen LogP) is 4.45. The van der Waals surface area contributed by atoms with Crippen molar-refractivity contribution in [1.29, 1.82) is 0 Å². The lowest BCUT2D eigenvalue weighted by Gasteiger charge is -2.38. The van der Waals surface area contributed by atoms with Gasteiger partial charge in [0.15, 0.2) is 6.29 Å². The van der Waals surface area contributed by atoms with E-state index in [0.717, 1.165) is 48.3 Å². The van der Waals surface area contributed by atoms with E-state index in [0.29, 0.717) is 6.54 Å². The summed E-state index contributed by atoms with van der Waals surface area (Å²) in [7, 11) is 0. The van der Waals surface area contributed by atoms with Crippen molar-refractivity contribution in [2.45, 2.75) is 70.2 Å². The third-order valence-electron chi connectivity index (χ3n) is 6.51. The topological polar surface area (TPSA) is 68.0 Å². The van der Waals surface area contributed by atoms with E-state index < -0.39 is 0 Å². The van der Waals surface area contributed by atoms with Gasteiger partial charge in [0.05, 0.1) is 18.8 Å². The van der Waals surface area contributed by atoms with Gasteiger partial charge in [0.1, 0.15) is 0 Å². The lowest BCUT2D eigenvalue weighted by atomic mass is 9.99. The molecular weight excluding hydrogens is 388 g/mol. The summed E-state index contributed by atoms with van der Waals surface area (Å²) in [5.41, 5.74) is 9.96. The van der Waals surface area contributed by atoms with Crippen molar-refractivity contribution in [3.05, 3.63) is 70.8 Å². The van der Waals surface area contributed by atoms with Gasteiger partial charge in [-0.05, 0) is 42.6 Å². The van der Waals surface area contributed by atoms with Crippen LogP contribution in [0.5, 0.6) is 0 Å². The molecule has 2 aliphatic heterocycles. The number of aliphatic hydroxyl groups excluding tert-OH is 1. The first-order chi connectivity index (χ1) is 15.2. The molecule has 5 heteroatoms. The fourth-order valence-corrected chi connectivity index (χ4v) is 4.63. The van der Waals surface area contributed by atoms with Crippen LogP contribution in [0.25, 0.3) is 0 Å². The molecule has 2 aromatic carbocycles. The van der Waals surface area contributed by atoms with Gasteiger partial charge in [0.2, 0.25) is 0 Å². The predicted molar refractivity (Wildman–Crippen MR) is 122 cm³/mol. The minimum atomic E-state index is -0.386. The Morgan fingerprint density at radius 1 is 0.806 bits per heavy atom. The van der Waals surface area contributed by atoms with E-state index in [1.807, 2.05) is 12.1 Å². The van der Waals surface area contributed by atoms with Crippen molar-refractivity contribution in [3.63, 3.8) is 0 Å². The number of rotatable bonds is 6. The number of nitrogens with zero attached hydrogens (tertiary/aromatic N) is 1. The Morgan fingerprint density at radius 3 is 2.06 bits per heavy atom. The monoisotopic (exact) mass is 424 g/mol. The Hall–Kier alpha value is -1.76. The van der Waals surface area contributed by atoms with Gasteiger partial charge in [0, 0.05) is 25.1 Å². The molecule has 3 atom stereocenters.